The molecule has 6 heteroatoms. The maximum Gasteiger partial charge on any atom is 0.257 e. The van der Waals surface area contributed by atoms with Crippen molar-refractivity contribution in [2.24, 2.45) is 0 Å². The topological polar surface area (TPSA) is 68.2 Å². The van der Waals surface area contributed by atoms with E-state index in [0.717, 1.165) is 23.3 Å². The van der Waals surface area contributed by atoms with Gasteiger partial charge in [-0.25, -0.2) is 8.42 Å². The second-order valence-corrected chi connectivity index (χ2v) is 9.64. The molecule has 0 saturated heterocycles. The SMILES string of the molecule is Cc1cc(C(=O)Nc2cccc(S(C)(=O)=O)c2)c(C)n1-c1ccc(C(C)C)cc1. The first-order chi connectivity index (χ1) is 13.6. The van der Waals surface area contributed by atoms with E-state index in [1.165, 1.54) is 17.7 Å². The van der Waals surface area contributed by atoms with Crippen molar-refractivity contribution >= 4 is 21.4 Å². The van der Waals surface area contributed by atoms with Crippen LogP contribution in [0.15, 0.2) is 59.5 Å². The Morgan fingerprint density at radius 1 is 1.00 bits per heavy atom. The lowest BCUT2D eigenvalue weighted by Crippen LogP contribution is -2.13. The summed E-state index contributed by atoms with van der Waals surface area (Å²) in [4.78, 5) is 13.0. The molecule has 0 bridgehead atoms. The molecule has 0 aliphatic heterocycles. The number of hydrogen-bond donors (Lipinski definition) is 1. The second-order valence-electron chi connectivity index (χ2n) is 7.62. The van der Waals surface area contributed by atoms with Crippen LogP contribution in [-0.4, -0.2) is 25.1 Å². The van der Waals surface area contributed by atoms with Crippen molar-refractivity contribution in [1.29, 1.82) is 0 Å². The number of aryl methyl sites for hydroxylation is 1. The molecule has 2 aromatic carbocycles. The van der Waals surface area contributed by atoms with Crippen molar-refractivity contribution in [3.05, 3.63) is 77.1 Å². The van der Waals surface area contributed by atoms with Gasteiger partial charge in [-0.15, -0.1) is 0 Å². The minimum Gasteiger partial charge on any atom is -0.322 e. The summed E-state index contributed by atoms with van der Waals surface area (Å²) < 4.78 is 25.5. The third kappa shape index (κ3) is 4.43. The Labute approximate surface area is 172 Å². The molecule has 0 unspecified atom stereocenters. The zero-order chi connectivity index (χ0) is 21.3. The van der Waals surface area contributed by atoms with Crippen molar-refractivity contribution in [2.45, 2.75) is 38.5 Å². The molecule has 1 aromatic heterocycles. The van der Waals surface area contributed by atoms with E-state index in [0.29, 0.717) is 17.2 Å². The van der Waals surface area contributed by atoms with Gasteiger partial charge in [0.1, 0.15) is 0 Å². The molecule has 152 valence electrons. The van der Waals surface area contributed by atoms with E-state index in [2.05, 4.69) is 43.4 Å². The fourth-order valence-electron chi connectivity index (χ4n) is 3.40. The summed E-state index contributed by atoms with van der Waals surface area (Å²) >= 11 is 0. The molecule has 0 fully saturated rings. The van der Waals surface area contributed by atoms with Crippen molar-refractivity contribution in [3.63, 3.8) is 0 Å². The van der Waals surface area contributed by atoms with Crippen LogP contribution in [0.4, 0.5) is 5.69 Å². The van der Waals surface area contributed by atoms with Crippen LogP contribution < -0.4 is 5.32 Å². The van der Waals surface area contributed by atoms with Crippen LogP contribution in [0.5, 0.6) is 0 Å². The van der Waals surface area contributed by atoms with E-state index in [-0.39, 0.29) is 10.8 Å². The van der Waals surface area contributed by atoms with Crippen molar-refractivity contribution in [2.75, 3.05) is 11.6 Å². The van der Waals surface area contributed by atoms with Crippen LogP contribution >= 0.6 is 0 Å². The van der Waals surface area contributed by atoms with E-state index < -0.39 is 9.84 Å². The van der Waals surface area contributed by atoms with Gasteiger partial charge in [0.05, 0.1) is 10.5 Å². The molecule has 1 heterocycles. The average molecular weight is 411 g/mol. The zero-order valence-electron chi connectivity index (χ0n) is 17.4. The van der Waals surface area contributed by atoms with Gasteiger partial charge in [-0.05, 0) is 61.7 Å². The normalized spacial score (nSPS) is 11.7. The molecular formula is C23H26N2O3S. The van der Waals surface area contributed by atoms with Gasteiger partial charge in [0.25, 0.3) is 5.91 Å². The van der Waals surface area contributed by atoms with Crippen molar-refractivity contribution in [3.8, 4) is 5.69 Å². The molecular weight excluding hydrogens is 384 g/mol. The van der Waals surface area contributed by atoms with Crippen molar-refractivity contribution < 1.29 is 13.2 Å². The molecule has 1 N–H and O–H groups in total. The molecule has 0 spiro atoms. The predicted molar refractivity (Wildman–Crippen MR) is 117 cm³/mol. The standard InChI is InChI=1S/C23H26N2O3S/c1-15(2)18-9-11-20(12-10-18)25-16(3)13-22(17(25)4)23(26)24-19-7-6-8-21(14-19)29(5,27)28/h6-15H,1-5H3,(H,24,26). The minimum absolute atomic E-state index is 0.172. The number of anilines is 1. The van der Waals surface area contributed by atoms with Gasteiger partial charge in [-0.2, -0.15) is 0 Å². The predicted octanol–water partition coefficient (Wildman–Crippen LogP) is 4.87. The first kappa shape index (κ1) is 20.9. The van der Waals surface area contributed by atoms with E-state index in [1.54, 1.807) is 12.1 Å². The molecule has 0 saturated carbocycles. The van der Waals surface area contributed by atoms with Gasteiger partial charge in [-0.3, -0.25) is 4.79 Å². The molecule has 0 radical (unpaired) electrons. The Hall–Kier alpha value is -2.86. The molecule has 0 aliphatic rings. The number of benzene rings is 2. The highest BCUT2D eigenvalue weighted by Crippen LogP contribution is 2.24. The number of sulfone groups is 1. The van der Waals surface area contributed by atoms with Gasteiger partial charge in [0.2, 0.25) is 0 Å². The van der Waals surface area contributed by atoms with Gasteiger partial charge in [0.15, 0.2) is 9.84 Å². The molecule has 5 nitrogen and oxygen atoms in total. The highest BCUT2D eigenvalue weighted by Gasteiger charge is 2.18. The van der Waals surface area contributed by atoms with Gasteiger partial charge in [-0.1, -0.05) is 32.0 Å². The van der Waals surface area contributed by atoms with Crippen LogP contribution in [0.1, 0.15) is 47.1 Å². The number of amides is 1. The maximum atomic E-state index is 12.9. The van der Waals surface area contributed by atoms with Gasteiger partial charge >= 0.3 is 0 Å². The molecule has 0 aliphatic carbocycles. The number of nitrogens with one attached hydrogen (secondary N) is 1. The smallest absolute Gasteiger partial charge is 0.257 e. The molecule has 3 aromatic rings. The van der Waals surface area contributed by atoms with Crippen LogP contribution in [0.3, 0.4) is 0 Å². The maximum absolute atomic E-state index is 12.9. The monoisotopic (exact) mass is 410 g/mol. The lowest BCUT2D eigenvalue weighted by atomic mass is 10.0. The first-order valence-electron chi connectivity index (χ1n) is 9.48. The third-order valence-electron chi connectivity index (χ3n) is 5.01. The Balaban J connectivity index is 1.91. The van der Waals surface area contributed by atoms with E-state index >= 15 is 0 Å². The average Bonchev–Trinajstić information content (AvgIpc) is 2.95. The summed E-state index contributed by atoms with van der Waals surface area (Å²) in [6, 6.07) is 16.5. The van der Waals surface area contributed by atoms with Gasteiger partial charge in [0, 0.05) is 29.0 Å². The quantitative estimate of drug-likeness (QED) is 0.652. The molecule has 1 amide bonds. The Kier molecular flexibility index (Phi) is 5.66. The van der Waals surface area contributed by atoms with Crippen LogP contribution in [0.2, 0.25) is 0 Å². The van der Waals surface area contributed by atoms with E-state index in [4.69, 9.17) is 0 Å². The lowest BCUT2D eigenvalue weighted by Gasteiger charge is -2.12. The van der Waals surface area contributed by atoms with Crippen LogP contribution in [-0.2, 0) is 9.84 Å². The molecule has 3 rings (SSSR count). The summed E-state index contributed by atoms with van der Waals surface area (Å²) in [5, 5.41) is 2.81. The van der Waals surface area contributed by atoms with Crippen LogP contribution in [0.25, 0.3) is 5.69 Å². The lowest BCUT2D eigenvalue weighted by molar-refractivity contribution is 0.102. The number of nitrogens with zero attached hydrogens (tertiary/aromatic N) is 1. The third-order valence-corrected chi connectivity index (χ3v) is 6.12. The number of carbonyl (C=O) groups is 1. The summed E-state index contributed by atoms with van der Waals surface area (Å²) in [6.45, 7) is 8.18. The van der Waals surface area contributed by atoms with Crippen LogP contribution in [0, 0.1) is 13.8 Å². The zero-order valence-corrected chi connectivity index (χ0v) is 18.2. The highest BCUT2D eigenvalue weighted by molar-refractivity contribution is 7.90. The fraction of sp³-hybridized carbons (Fsp3) is 0.261. The summed E-state index contributed by atoms with van der Waals surface area (Å²) in [7, 11) is -3.34. The summed E-state index contributed by atoms with van der Waals surface area (Å²) in [5.74, 6) is 0.189. The number of aromatic nitrogens is 1. The van der Waals surface area contributed by atoms with Crippen molar-refractivity contribution in [1.82, 2.24) is 4.57 Å². The number of carbonyl (C=O) groups excluding carboxylic acids is 1. The largest absolute Gasteiger partial charge is 0.322 e. The Bertz CT molecular complexity index is 1160. The Morgan fingerprint density at radius 3 is 2.24 bits per heavy atom. The summed E-state index contributed by atoms with van der Waals surface area (Å²) in [5.41, 5.74) is 5.05. The number of hydrogen-bond acceptors (Lipinski definition) is 3. The highest BCUT2D eigenvalue weighted by atomic mass is 32.2. The molecule has 29 heavy (non-hydrogen) atoms. The summed E-state index contributed by atoms with van der Waals surface area (Å²) in [6.07, 6.45) is 1.14. The second kappa shape index (κ2) is 7.87. The Morgan fingerprint density at radius 2 is 1.66 bits per heavy atom. The van der Waals surface area contributed by atoms with E-state index in [9.17, 15) is 13.2 Å². The first-order valence-corrected chi connectivity index (χ1v) is 11.4. The fourth-order valence-corrected chi connectivity index (χ4v) is 4.07. The number of rotatable bonds is 5. The molecule has 0 atom stereocenters. The van der Waals surface area contributed by atoms with Gasteiger partial charge < -0.3 is 9.88 Å². The van der Waals surface area contributed by atoms with E-state index in [1.807, 2.05) is 24.5 Å². The minimum atomic E-state index is -3.34.